The van der Waals surface area contributed by atoms with E-state index in [1.165, 1.54) is 12.1 Å². The number of carbonyl (C=O) groups is 2. The fourth-order valence-corrected chi connectivity index (χ4v) is 2.59. The van der Waals surface area contributed by atoms with Gasteiger partial charge in [0.2, 0.25) is 11.6 Å². The van der Waals surface area contributed by atoms with Gasteiger partial charge in [0.15, 0.2) is 5.69 Å². The second kappa shape index (κ2) is 10.6. The van der Waals surface area contributed by atoms with Crippen molar-refractivity contribution < 1.29 is 20.0 Å². The van der Waals surface area contributed by atoms with Crippen molar-refractivity contribution in [2.45, 2.75) is 0 Å². The zero-order valence-electron chi connectivity index (χ0n) is 16.2. The van der Waals surface area contributed by atoms with E-state index in [0.717, 1.165) is 18.5 Å². The molecule has 0 radical (unpaired) electrons. The van der Waals surface area contributed by atoms with E-state index in [1.54, 1.807) is 36.4 Å². The van der Waals surface area contributed by atoms with Crippen LogP contribution in [-0.2, 0) is 0 Å². The number of ketones is 2. The van der Waals surface area contributed by atoms with Gasteiger partial charge in [-0.25, -0.2) is 5.21 Å². The Labute approximate surface area is 177 Å². The molecule has 0 amide bonds. The van der Waals surface area contributed by atoms with Crippen LogP contribution in [0.4, 0.5) is 17.1 Å². The molecule has 31 heavy (non-hydrogen) atoms. The first kappa shape index (κ1) is 21.5. The molecule has 0 spiro atoms. The van der Waals surface area contributed by atoms with Crippen LogP contribution in [0.1, 0.15) is 20.7 Å². The van der Waals surface area contributed by atoms with E-state index in [0.29, 0.717) is 11.4 Å². The summed E-state index contributed by atoms with van der Waals surface area (Å²) in [5.41, 5.74) is 6.47. The highest BCUT2D eigenvalue weighted by Gasteiger charge is 2.18. The van der Waals surface area contributed by atoms with Crippen molar-refractivity contribution >= 4 is 41.1 Å². The average Bonchev–Trinajstić information content (AvgIpc) is 2.80. The first-order chi connectivity index (χ1) is 15.0. The van der Waals surface area contributed by atoms with E-state index >= 15 is 0 Å². The standard InChI is InChI=1S/C22H19N5O4/c28-21(14-23-25-17-7-3-1-4-8-17)16-11-12-19(20(13-16)27(30)31)22(29)15-24-26-18-9-5-2-6-10-18/h1-15,25-27,30H. The lowest BCUT2D eigenvalue weighted by atomic mass is 10.0. The Morgan fingerprint density at radius 1 is 0.806 bits per heavy atom. The summed E-state index contributed by atoms with van der Waals surface area (Å²) in [6.07, 6.45) is 2.03. The lowest BCUT2D eigenvalue weighted by Crippen LogP contribution is -2.99. The normalized spacial score (nSPS) is 12.1. The van der Waals surface area contributed by atoms with Gasteiger partial charge in [0, 0.05) is 11.6 Å². The second-order valence-corrected chi connectivity index (χ2v) is 6.27. The Morgan fingerprint density at radius 2 is 1.32 bits per heavy atom. The van der Waals surface area contributed by atoms with Gasteiger partial charge in [0.1, 0.15) is 0 Å². The molecule has 0 saturated heterocycles. The van der Waals surface area contributed by atoms with E-state index in [9.17, 15) is 20.0 Å². The maximum atomic E-state index is 12.4. The molecular formula is C22H19N5O4. The predicted molar refractivity (Wildman–Crippen MR) is 118 cm³/mol. The minimum Gasteiger partial charge on any atom is -0.595 e. The number of carbonyl (C=O) groups excluding carboxylic acids is 2. The molecule has 4 N–H and O–H groups in total. The highest BCUT2D eigenvalue weighted by Crippen LogP contribution is 2.15. The largest absolute Gasteiger partial charge is 0.595 e. The Bertz CT molecular complexity index is 1100. The molecule has 9 heteroatoms. The summed E-state index contributed by atoms with van der Waals surface area (Å²) in [4.78, 5) is 24.7. The molecule has 0 bridgehead atoms. The Morgan fingerprint density at radius 3 is 1.84 bits per heavy atom. The van der Waals surface area contributed by atoms with Crippen LogP contribution in [0, 0.1) is 5.21 Å². The van der Waals surface area contributed by atoms with Crippen molar-refractivity contribution in [1.29, 1.82) is 0 Å². The molecule has 3 aromatic rings. The van der Waals surface area contributed by atoms with Crippen LogP contribution < -0.4 is 16.1 Å². The first-order valence-electron chi connectivity index (χ1n) is 9.19. The third-order valence-corrected chi connectivity index (χ3v) is 4.10. The molecule has 0 aliphatic carbocycles. The van der Waals surface area contributed by atoms with Crippen LogP contribution in [0.2, 0.25) is 0 Å². The van der Waals surface area contributed by atoms with Crippen molar-refractivity contribution in [3.8, 4) is 0 Å². The van der Waals surface area contributed by atoms with E-state index < -0.39 is 16.8 Å². The SMILES string of the molecule is O=C(C=NNc1ccccc1)c1ccc(C(=O)C=NNc2ccccc2)c([NH+]([O-])O)c1. The van der Waals surface area contributed by atoms with Gasteiger partial charge in [-0.2, -0.15) is 15.4 Å². The second-order valence-electron chi connectivity index (χ2n) is 6.27. The van der Waals surface area contributed by atoms with Crippen LogP contribution in [-0.4, -0.2) is 29.2 Å². The number of hydrogen-bond donors (Lipinski definition) is 4. The summed E-state index contributed by atoms with van der Waals surface area (Å²) in [5.74, 6) is -1.12. The number of nitrogens with zero attached hydrogens (tertiary/aromatic N) is 2. The maximum Gasteiger partial charge on any atom is 0.211 e. The molecule has 0 aliphatic heterocycles. The average molecular weight is 417 g/mol. The van der Waals surface area contributed by atoms with Crippen molar-refractivity contribution in [2.24, 2.45) is 10.2 Å². The fraction of sp³-hybridized carbons (Fsp3) is 0. The molecule has 0 aliphatic rings. The zero-order valence-corrected chi connectivity index (χ0v) is 16.2. The number of hydrazone groups is 2. The molecule has 3 rings (SSSR count). The predicted octanol–water partition coefficient (Wildman–Crippen LogP) is 2.65. The van der Waals surface area contributed by atoms with Crippen molar-refractivity contribution in [2.75, 3.05) is 10.9 Å². The van der Waals surface area contributed by atoms with Crippen molar-refractivity contribution in [1.82, 2.24) is 0 Å². The summed E-state index contributed by atoms with van der Waals surface area (Å²) >= 11 is 0. The van der Waals surface area contributed by atoms with Crippen LogP contribution in [0.3, 0.4) is 0 Å². The highest BCUT2D eigenvalue weighted by molar-refractivity contribution is 6.38. The Kier molecular flexibility index (Phi) is 7.33. The number of quaternary nitrogens is 1. The minimum atomic E-state index is -1.33. The molecule has 0 aromatic heterocycles. The van der Waals surface area contributed by atoms with Gasteiger partial charge < -0.3 is 5.21 Å². The number of benzene rings is 3. The monoisotopic (exact) mass is 417 g/mol. The summed E-state index contributed by atoms with van der Waals surface area (Å²) in [6.45, 7) is 0. The summed E-state index contributed by atoms with van der Waals surface area (Å²) in [5, 5.41) is 27.5. The summed E-state index contributed by atoms with van der Waals surface area (Å²) in [6, 6.07) is 21.8. The van der Waals surface area contributed by atoms with Crippen LogP contribution in [0.5, 0.6) is 0 Å². The quantitative estimate of drug-likeness (QED) is 0.241. The summed E-state index contributed by atoms with van der Waals surface area (Å²) in [7, 11) is 0. The highest BCUT2D eigenvalue weighted by atomic mass is 16.8. The molecule has 0 fully saturated rings. The van der Waals surface area contributed by atoms with E-state index in [2.05, 4.69) is 21.1 Å². The number of anilines is 2. The van der Waals surface area contributed by atoms with Crippen molar-refractivity contribution in [3.63, 3.8) is 0 Å². The molecule has 3 aromatic carbocycles. The molecule has 0 saturated carbocycles. The molecule has 156 valence electrons. The minimum absolute atomic E-state index is 0.0815. The number of rotatable bonds is 9. The van der Waals surface area contributed by atoms with Gasteiger partial charge in [0.05, 0.1) is 29.4 Å². The lowest BCUT2D eigenvalue weighted by Gasteiger charge is -2.15. The van der Waals surface area contributed by atoms with Gasteiger partial charge >= 0.3 is 0 Å². The molecule has 1 unspecified atom stereocenters. The third kappa shape index (κ3) is 6.15. The van der Waals surface area contributed by atoms with E-state index in [1.807, 2.05) is 24.3 Å². The fourth-order valence-electron chi connectivity index (χ4n) is 2.59. The van der Waals surface area contributed by atoms with Crippen LogP contribution >= 0.6 is 0 Å². The van der Waals surface area contributed by atoms with Gasteiger partial charge in [-0.3, -0.25) is 20.4 Å². The van der Waals surface area contributed by atoms with Crippen LogP contribution in [0.25, 0.3) is 0 Å². The number of nitrogens with one attached hydrogen (secondary N) is 3. The topological polar surface area (TPSA) is 131 Å². The van der Waals surface area contributed by atoms with E-state index in [-0.39, 0.29) is 16.8 Å². The van der Waals surface area contributed by atoms with Gasteiger partial charge in [-0.05, 0) is 36.4 Å². The molecule has 9 nitrogen and oxygen atoms in total. The van der Waals surface area contributed by atoms with Crippen LogP contribution in [0.15, 0.2) is 89.1 Å². The molecule has 0 heterocycles. The van der Waals surface area contributed by atoms with Gasteiger partial charge in [-0.15, -0.1) is 0 Å². The Hall–Kier alpha value is -4.18. The molecule has 1 atom stereocenters. The lowest BCUT2D eigenvalue weighted by molar-refractivity contribution is -0.991. The summed E-state index contributed by atoms with van der Waals surface area (Å²) < 4.78 is 0. The third-order valence-electron chi connectivity index (χ3n) is 4.10. The zero-order chi connectivity index (χ0) is 22.1. The van der Waals surface area contributed by atoms with Gasteiger partial charge in [0.25, 0.3) is 0 Å². The van der Waals surface area contributed by atoms with E-state index in [4.69, 9.17) is 0 Å². The first-order valence-corrected chi connectivity index (χ1v) is 9.19. The number of hydrogen-bond acceptors (Lipinski definition) is 8. The number of Topliss-reactive ketones (excluding diaryl/α,β-unsaturated/α-hetero) is 2. The Balaban J connectivity index is 1.71. The maximum absolute atomic E-state index is 12.4. The smallest absolute Gasteiger partial charge is 0.211 e. The number of para-hydroxylation sites is 2. The van der Waals surface area contributed by atoms with Gasteiger partial charge in [-0.1, -0.05) is 36.4 Å². The molecular weight excluding hydrogens is 398 g/mol. The van der Waals surface area contributed by atoms with Crippen molar-refractivity contribution in [3.05, 3.63) is 95.2 Å².